The molecule has 138 valence electrons. The van der Waals surface area contributed by atoms with Crippen molar-refractivity contribution in [3.63, 3.8) is 0 Å². The number of nitrogens with zero attached hydrogens (tertiary/aromatic N) is 3. The van der Waals surface area contributed by atoms with Crippen LogP contribution in [0.5, 0.6) is 0 Å². The molecule has 3 heterocycles. The van der Waals surface area contributed by atoms with Gasteiger partial charge in [0.05, 0.1) is 16.9 Å². The lowest BCUT2D eigenvalue weighted by atomic mass is 10.2. The second-order valence-electron chi connectivity index (χ2n) is 6.13. The maximum atomic E-state index is 13.9. The van der Waals surface area contributed by atoms with E-state index in [0.29, 0.717) is 41.9 Å². The van der Waals surface area contributed by atoms with E-state index in [1.807, 2.05) is 23.1 Å². The Balaban J connectivity index is 1.36. The number of rotatable bonds is 3. The number of anilines is 1. The van der Waals surface area contributed by atoms with E-state index in [9.17, 15) is 9.18 Å². The first-order chi connectivity index (χ1) is 13.2. The number of hydrogen-bond acceptors (Lipinski definition) is 5. The van der Waals surface area contributed by atoms with E-state index >= 15 is 0 Å². The highest BCUT2D eigenvalue weighted by Gasteiger charge is 2.28. The number of hydrogen-bond donors (Lipinski definition) is 0. The molecule has 0 spiro atoms. The van der Waals surface area contributed by atoms with Gasteiger partial charge < -0.3 is 14.2 Å². The highest BCUT2D eigenvalue weighted by molar-refractivity contribution is 8.18. The summed E-state index contributed by atoms with van der Waals surface area (Å²) in [5.41, 5.74) is 0.623. The minimum absolute atomic E-state index is 0.206. The van der Waals surface area contributed by atoms with Crippen LogP contribution in [0.2, 0.25) is 0 Å². The minimum atomic E-state index is -0.226. The van der Waals surface area contributed by atoms with Gasteiger partial charge in [0.2, 0.25) is 0 Å². The summed E-state index contributed by atoms with van der Waals surface area (Å²) in [6, 6.07) is 10.5. The van der Waals surface area contributed by atoms with Gasteiger partial charge in [-0.2, -0.15) is 4.99 Å². The Morgan fingerprint density at radius 3 is 2.59 bits per heavy atom. The molecule has 0 atom stereocenters. The third-order valence-electron chi connectivity index (χ3n) is 4.40. The van der Waals surface area contributed by atoms with Crippen LogP contribution >= 0.6 is 11.8 Å². The molecule has 2 aliphatic rings. The van der Waals surface area contributed by atoms with E-state index in [1.54, 1.807) is 36.6 Å². The number of allylic oxidation sites excluding steroid dienone is 2. The van der Waals surface area contributed by atoms with E-state index in [0.717, 1.165) is 5.76 Å². The van der Waals surface area contributed by atoms with Crippen molar-refractivity contribution in [1.82, 2.24) is 4.90 Å². The zero-order valence-electron chi connectivity index (χ0n) is 14.5. The fourth-order valence-electron chi connectivity index (χ4n) is 3.01. The first kappa shape index (κ1) is 17.6. The van der Waals surface area contributed by atoms with E-state index in [4.69, 9.17) is 4.42 Å². The van der Waals surface area contributed by atoms with E-state index < -0.39 is 0 Å². The molecule has 1 saturated heterocycles. The maximum Gasteiger partial charge on any atom is 0.286 e. The fourth-order valence-corrected chi connectivity index (χ4v) is 3.93. The third kappa shape index (κ3) is 3.98. The first-order valence-electron chi connectivity index (χ1n) is 8.68. The molecule has 1 aromatic heterocycles. The number of furan rings is 1. The van der Waals surface area contributed by atoms with E-state index in [2.05, 4.69) is 9.89 Å². The molecular weight excluding hydrogens is 365 g/mol. The summed E-state index contributed by atoms with van der Waals surface area (Å²) in [4.78, 5) is 21.0. The molecule has 0 N–H and O–H groups in total. The van der Waals surface area contributed by atoms with Gasteiger partial charge in [-0.3, -0.25) is 4.79 Å². The first-order valence-corrected chi connectivity index (χ1v) is 9.49. The van der Waals surface area contributed by atoms with Crippen LogP contribution in [-0.2, 0) is 4.79 Å². The van der Waals surface area contributed by atoms with Crippen LogP contribution < -0.4 is 4.90 Å². The number of carbonyl (C=O) groups is 1. The molecule has 0 bridgehead atoms. The molecule has 0 unspecified atom stereocenters. The Hall–Kier alpha value is -2.80. The molecule has 5 nitrogen and oxygen atoms in total. The summed E-state index contributed by atoms with van der Waals surface area (Å²) < 4.78 is 19.2. The summed E-state index contributed by atoms with van der Waals surface area (Å²) >= 11 is 1.38. The van der Waals surface area contributed by atoms with Gasteiger partial charge in [0, 0.05) is 26.2 Å². The SMILES string of the molecule is O=C1N=C(N2CCN(c3ccccc3F)CC2)S/C1=C/C=C/c1ccco1. The number of para-hydroxylation sites is 1. The summed E-state index contributed by atoms with van der Waals surface area (Å²) in [5.74, 6) is 0.297. The summed E-state index contributed by atoms with van der Waals surface area (Å²) in [6.07, 6.45) is 6.94. The van der Waals surface area contributed by atoms with Crippen molar-refractivity contribution >= 4 is 34.6 Å². The summed E-state index contributed by atoms with van der Waals surface area (Å²) in [6.45, 7) is 2.77. The smallest absolute Gasteiger partial charge is 0.286 e. The van der Waals surface area contributed by atoms with Gasteiger partial charge in [-0.1, -0.05) is 18.2 Å². The predicted molar refractivity (Wildman–Crippen MR) is 106 cm³/mol. The Bertz CT molecular complexity index is 913. The lowest BCUT2D eigenvalue weighted by molar-refractivity contribution is -0.113. The average molecular weight is 383 g/mol. The van der Waals surface area contributed by atoms with Crippen molar-refractivity contribution in [2.45, 2.75) is 0 Å². The highest BCUT2D eigenvalue weighted by atomic mass is 32.2. The molecule has 1 fully saturated rings. The van der Waals surface area contributed by atoms with E-state index in [-0.39, 0.29) is 11.7 Å². The molecule has 4 rings (SSSR count). The van der Waals surface area contributed by atoms with Crippen molar-refractivity contribution in [3.05, 3.63) is 71.3 Å². The minimum Gasteiger partial charge on any atom is -0.465 e. The van der Waals surface area contributed by atoms with Gasteiger partial charge in [0.25, 0.3) is 5.91 Å². The largest absolute Gasteiger partial charge is 0.465 e. The number of aliphatic imine (C=N–C) groups is 1. The highest BCUT2D eigenvalue weighted by Crippen LogP contribution is 2.30. The van der Waals surface area contributed by atoms with Gasteiger partial charge in [0.15, 0.2) is 5.17 Å². The van der Waals surface area contributed by atoms with Crippen LogP contribution in [0.15, 0.2) is 69.1 Å². The standard InChI is InChI=1S/C20H18FN3O2S/c21-16-7-1-2-8-17(16)23-10-12-24(13-11-23)20-22-19(25)18(27-20)9-3-5-15-6-4-14-26-15/h1-9,14H,10-13H2/b5-3+,18-9+. The Morgan fingerprint density at radius 1 is 1.07 bits per heavy atom. The van der Waals surface area contributed by atoms with Crippen molar-refractivity contribution in [2.75, 3.05) is 31.1 Å². The van der Waals surface area contributed by atoms with Gasteiger partial charge >= 0.3 is 0 Å². The zero-order valence-corrected chi connectivity index (χ0v) is 15.4. The molecule has 2 aromatic rings. The second kappa shape index (κ2) is 7.84. The molecule has 27 heavy (non-hydrogen) atoms. The maximum absolute atomic E-state index is 13.9. The van der Waals surface area contributed by atoms with Crippen LogP contribution in [0.3, 0.4) is 0 Å². The normalized spacial score (nSPS) is 19.4. The predicted octanol–water partition coefficient (Wildman–Crippen LogP) is 3.77. The molecule has 2 aliphatic heterocycles. The Kier molecular flexibility index (Phi) is 5.11. The molecular formula is C20H18FN3O2S. The number of amidine groups is 1. The Morgan fingerprint density at radius 2 is 1.85 bits per heavy atom. The average Bonchev–Trinajstić information content (AvgIpc) is 3.33. The number of amides is 1. The number of halogens is 1. The molecule has 1 amide bonds. The van der Waals surface area contributed by atoms with E-state index in [1.165, 1.54) is 17.8 Å². The monoisotopic (exact) mass is 383 g/mol. The van der Waals surface area contributed by atoms with Gasteiger partial charge in [-0.15, -0.1) is 0 Å². The van der Waals surface area contributed by atoms with Crippen LogP contribution in [0.1, 0.15) is 5.76 Å². The van der Waals surface area contributed by atoms with Crippen LogP contribution in [0.4, 0.5) is 10.1 Å². The van der Waals surface area contributed by atoms with Gasteiger partial charge in [0.1, 0.15) is 11.6 Å². The lowest BCUT2D eigenvalue weighted by Gasteiger charge is -2.36. The summed E-state index contributed by atoms with van der Waals surface area (Å²) in [7, 11) is 0. The summed E-state index contributed by atoms with van der Waals surface area (Å²) in [5, 5.41) is 0.714. The van der Waals surface area contributed by atoms with Gasteiger partial charge in [-0.05, 0) is 48.2 Å². The van der Waals surface area contributed by atoms with Crippen molar-refractivity contribution in [3.8, 4) is 0 Å². The molecule has 7 heteroatoms. The fraction of sp³-hybridized carbons (Fsp3) is 0.200. The molecule has 0 aliphatic carbocycles. The van der Waals surface area contributed by atoms with Crippen LogP contribution in [-0.4, -0.2) is 42.2 Å². The third-order valence-corrected chi connectivity index (χ3v) is 5.47. The van der Waals surface area contributed by atoms with Crippen LogP contribution in [0, 0.1) is 5.82 Å². The number of piperazine rings is 1. The molecule has 0 radical (unpaired) electrons. The number of thioether (sulfide) groups is 1. The number of benzene rings is 1. The van der Waals surface area contributed by atoms with Crippen molar-refractivity contribution in [1.29, 1.82) is 0 Å². The number of carbonyl (C=O) groups excluding carboxylic acids is 1. The quantitative estimate of drug-likeness (QED) is 0.755. The second-order valence-corrected chi connectivity index (χ2v) is 7.14. The van der Waals surface area contributed by atoms with Crippen molar-refractivity contribution < 1.29 is 13.6 Å². The molecule has 0 saturated carbocycles. The lowest BCUT2D eigenvalue weighted by Crippen LogP contribution is -2.48. The zero-order chi connectivity index (χ0) is 18.6. The van der Waals surface area contributed by atoms with Crippen molar-refractivity contribution in [2.24, 2.45) is 4.99 Å². The van der Waals surface area contributed by atoms with Crippen LogP contribution in [0.25, 0.3) is 6.08 Å². The molecule has 1 aromatic carbocycles. The topological polar surface area (TPSA) is 49.1 Å². The Labute approximate surface area is 160 Å². The van der Waals surface area contributed by atoms with Gasteiger partial charge in [-0.25, -0.2) is 4.39 Å².